The van der Waals surface area contributed by atoms with Gasteiger partial charge in [0.2, 0.25) is 5.82 Å². The van der Waals surface area contributed by atoms with Gasteiger partial charge in [0.25, 0.3) is 5.91 Å². The summed E-state index contributed by atoms with van der Waals surface area (Å²) >= 11 is 2.21. The predicted molar refractivity (Wildman–Crippen MR) is 95.2 cm³/mol. The van der Waals surface area contributed by atoms with Gasteiger partial charge in [-0.3, -0.25) is 4.79 Å². The number of benzene rings is 1. The average Bonchev–Trinajstić information content (AvgIpc) is 3.07. The second-order valence-corrected chi connectivity index (χ2v) is 7.11. The first kappa shape index (κ1) is 15.9. The first-order chi connectivity index (χ1) is 10.8. The van der Waals surface area contributed by atoms with Crippen LogP contribution in [0.3, 0.4) is 0 Å². The zero-order valence-electron chi connectivity index (χ0n) is 12.0. The van der Waals surface area contributed by atoms with Crippen LogP contribution in [0.15, 0.2) is 23.1 Å². The van der Waals surface area contributed by atoms with E-state index in [2.05, 4.69) is 46.6 Å². The van der Waals surface area contributed by atoms with E-state index in [1.54, 1.807) is 8.93 Å². The minimum Gasteiger partial charge on any atom is -0.348 e. The Balaban J connectivity index is 1.64. The summed E-state index contributed by atoms with van der Waals surface area (Å²) in [5.41, 5.74) is 1.39. The summed E-state index contributed by atoms with van der Waals surface area (Å²) in [6.45, 7) is 3.74. The second-order valence-electron chi connectivity index (χ2n) is 5.17. The molecule has 1 aromatic carbocycles. The molecule has 1 aliphatic rings. The highest BCUT2D eigenvalue weighted by molar-refractivity contribution is 14.2. The fraction of sp³-hybridized carbons (Fsp3) is 0.429. The van der Waals surface area contributed by atoms with Crippen molar-refractivity contribution in [3.05, 3.63) is 24.0 Å². The number of nitrogens with one attached hydrogen (secondary N) is 1. The fourth-order valence-electron chi connectivity index (χ4n) is 2.47. The average molecular weight is 429 g/mol. The van der Waals surface area contributed by atoms with Gasteiger partial charge in [-0.2, -0.15) is 0 Å². The predicted octanol–water partition coefficient (Wildman–Crippen LogP) is 2.29. The van der Waals surface area contributed by atoms with Crippen LogP contribution in [-0.2, 0) is 0 Å². The number of carbonyl (C=O) groups is 1. The highest BCUT2D eigenvalue weighted by atomic mass is 127. The standard InChI is InChI=1S/C14H16IN5OS/c15-22-10-3-4-11-12(9-10)17-13(19-18-11)14(21)16-5-8-20-6-1-2-7-20/h3-4,9H,1-2,5-8H2,(H,16,21). The zero-order chi connectivity index (χ0) is 15.4. The van der Waals surface area contributed by atoms with Gasteiger partial charge in [-0.15, -0.1) is 10.2 Å². The second kappa shape index (κ2) is 7.51. The van der Waals surface area contributed by atoms with Gasteiger partial charge in [-0.1, -0.05) is 8.93 Å². The third-order valence-electron chi connectivity index (χ3n) is 3.63. The van der Waals surface area contributed by atoms with E-state index in [4.69, 9.17) is 0 Å². The van der Waals surface area contributed by atoms with E-state index in [0.29, 0.717) is 17.6 Å². The fourth-order valence-corrected chi connectivity index (χ4v) is 3.57. The summed E-state index contributed by atoms with van der Waals surface area (Å²) < 4.78 is 0. The molecule has 0 atom stereocenters. The molecular weight excluding hydrogens is 413 g/mol. The third-order valence-corrected chi connectivity index (χ3v) is 5.59. The lowest BCUT2D eigenvalue weighted by Crippen LogP contribution is -2.34. The van der Waals surface area contributed by atoms with Crippen molar-refractivity contribution in [2.45, 2.75) is 17.7 Å². The van der Waals surface area contributed by atoms with E-state index >= 15 is 0 Å². The maximum Gasteiger partial charge on any atom is 0.291 e. The van der Waals surface area contributed by atoms with Crippen molar-refractivity contribution in [2.75, 3.05) is 26.2 Å². The van der Waals surface area contributed by atoms with Gasteiger partial charge in [0.15, 0.2) is 0 Å². The topological polar surface area (TPSA) is 71.0 Å². The Bertz CT molecular complexity index is 677. The van der Waals surface area contributed by atoms with Crippen molar-refractivity contribution >= 4 is 47.1 Å². The molecular formula is C14H16IN5OS. The molecule has 0 unspecified atom stereocenters. The first-order valence-electron chi connectivity index (χ1n) is 7.20. The molecule has 8 heteroatoms. The zero-order valence-corrected chi connectivity index (χ0v) is 14.9. The van der Waals surface area contributed by atoms with Gasteiger partial charge in [0.05, 0.1) is 5.52 Å². The number of carbonyl (C=O) groups excluding carboxylic acids is 1. The number of rotatable bonds is 5. The minimum absolute atomic E-state index is 0.129. The van der Waals surface area contributed by atoms with Gasteiger partial charge in [0.1, 0.15) is 5.52 Å². The molecule has 1 aromatic heterocycles. The van der Waals surface area contributed by atoms with Crippen molar-refractivity contribution in [3.8, 4) is 0 Å². The number of likely N-dealkylation sites (tertiary alicyclic amines) is 1. The number of halogens is 1. The molecule has 2 aromatic rings. The highest BCUT2D eigenvalue weighted by Crippen LogP contribution is 2.26. The van der Waals surface area contributed by atoms with Crippen LogP contribution < -0.4 is 5.32 Å². The van der Waals surface area contributed by atoms with Crippen LogP contribution in [0.4, 0.5) is 0 Å². The summed E-state index contributed by atoms with van der Waals surface area (Å²) in [5, 5.41) is 10.9. The molecule has 6 nitrogen and oxygen atoms in total. The van der Waals surface area contributed by atoms with Crippen LogP contribution >= 0.6 is 30.1 Å². The molecule has 3 rings (SSSR count). The van der Waals surface area contributed by atoms with Gasteiger partial charge >= 0.3 is 0 Å². The highest BCUT2D eigenvalue weighted by Gasteiger charge is 2.14. The molecule has 0 aliphatic carbocycles. The Labute approximate surface area is 145 Å². The van der Waals surface area contributed by atoms with E-state index < -0.39 is 0 Å². The van der Waals surface area contributed by atoms with Crippen molar-refractivity contribution in [1.29, 1.82) is 0 Å². The molecule has 1 amide bonds. The number of hydrogen-bond acceptors (Lipinski definition) is 6. The SMILES string of the molecule is O=C(NCCN1CCCC1)c1nnc2ccc(SI)cc2n1. The first-order valence-corrected chi connectivity index (χ1v) is 10.6. The molecule has 1 saturated heterocycles. The van der Waals surface area contributed by atoms with Gasteiger partial charge in [-0.25, -0.2) is 4.98 Å². The summed E-state index contributed by atoms with van der Waals surface area (Å²) in [6.07, 6.45) is 2.51. The van der Waals surface area contributed by atoms with Gasteiger partial charge < -0.3 is 10.2 Å². The Morgan fingerprint density at radius 3 is 2.86 bits per heavy atom. The summed E-state index contributed by atoms with van der Waals surface area (Å²) in [7, 11) is 1.60. The van der Waals surface area contributed by atoms with Crippen molar-refractivity contribution < 1.29 is 4.79 Å². The van der Waals surface area contributed by atoms with Crippen molar-refractivity contribution in [2.24, 2.45) is 0 Å². The summed E-state index contributed by atoms with van der Waals surface area (Å²) in [6, 6.07) is 5.75. The van der Waals surface area contributed by atoms with Crippen LogP contribution in [0.5, 0.6) is 0 Å². The monoisotopic (exact) mass is 429 g/mol. The largest absolute Gasteiger partial charge is 0.348 e. The van der Waals surface area contributed by atoms with Gasteiger partial charge in [0, 0.05) is 39.2 Å². The lowest BCUT2D eigenvalue weighted by Gasteiger charge is -2.14. The number of amides is 1. The van der Waals surface area contributed by atoms with Crippen molar-refractivity contribution in [3.63, 3.8) is 0 Å². The van der Waals surface area contributed by atoms with E-state index in [0.717, 1.165) is 24.5 Å². The normalized spacial score (nSPS) is 15.3. The summed E-state index contributed by atoms with van der Waals surface area (Å²) in [4.78, 5) is 19.9. The molecule has 1 N–H and O–H groups in total. The smallest absolute Gasteiger partial charge is 0.291 e. The van der Waals surface area contributed by atoms with Gasteiger partial charge in [-0.05, 0) is 44.1 Å². The van der Waals surface area contributed by atoms with E-state index in [-0.39, 0.29) is 11.7 Å². The molecule has 1 fully saturated rings. The molecule has 0 spiro atoms. The van der Waals surface area contributed by atoms with Crippen LogP contribution in [0.2, 0.25) is 0 Å². The van der Waals surface area contributed by atoms with E-state index in [1.165, 1.54) is 12.8 Å². The summed E-state index contributed by atoms with van der Waals surface area (Å²) in [5.74, 6) is -0.134. The Morgan fingerprint density at radius 1 is 1.27 bits per heavy atom. The maximum atomic E-state index is 12.1. The molecule has 0 radical (unpaired) electrons. The third kappa shape index (κ3) is 3.85. The van der Waals surface area contributed by atoms with E-state index in [9.17, 15) is 4.79 Å². The number of fused-ring (bicyclic) bond motifs is 1. The Hall–Kier alpha value is -1.000. The van der Waals surface area contributed by atoms with Crippen LogP contribution in [0.1, 0.15) is 23.5 Å². The molecule has 0 bridgehead atoms. The molecule has 22 heavy (non-hydrogen) atoms. The lowest BCUT2D eigenvalue weighted by molar-refractivity contribution is 0.0938. The number of hydrogen-bond donors (Lipinski definition) is 1. The lowest BCUT2D eigenvalue weighted by atomic mass is 10.3. The van der Waals surface area contributed by atoms with Crippen molar-refractivity contribution in [1.82, 2.24) is 25.4 Å². The van der Waals surface area contributed by atoms with Crippen LogP contribution in [0, 0.1) is 0 Å². The molecule has 116 valence electrons. The Kier molecular flexibility index (Phi) is 5.42. The Morgan fingerprint density at radius 2 is 2.09 bits per heavy atom. The molecule has 0 saturated carbocycles. The minimum atomic E-state index is -0.263. The number of nitrogens with zero attached hydrogens (tertiary/aromatic N) is 4. The maximum absolute atomic E-state index is 12.1. The quantitative estimate of drug-likeness (QED) is 0.736. The number of aromatic nitrogens is 3. The van der Waals surface area contributed by atoms with Crippen LogP contribution in [-0.4, -0.2) is 52.2 Å². The van der Waals surface area contributed by atoms with Crippen LogP contribution in [0.25, 0.3) is 11.0 Å². The van der Waals surface area contributed by atoms with E-state index in [1.807, 2.05) is 18.2 Å². The molecule has 1 aliphatic heterocycles. The molecule has 2 heterocycles.